The van der Waals surface area contributed by atoms with E-state index in [0.29, 0.717) is 6.04 Å². The summed E-state index contributed by atoms with van der Waals surface area (Å²) in [4.78, 5) is 2.52. The van der Waals surface area contributed by atoms with Gasteiger partial charge in [0.2, 0.25) is 0 Å². The normalized spacial score (nSPS) is 22.0. The Morgan fingerprint density at radius 1 is 1.29 bits per heavy atom. The first kappa shape index (κ1) is 12.9. The predicted octanol–water partition coefficient (Wildman–Crippen LogP) is 2.31. The zero-order valence-corrected chi connectivity index (χ0v) is 12.5. The van der Waals surface area contributed by atoms with Gasteiger partial charge in [-0.2, -0.15) is 5.10 Å². The monoisotopic (exact) mass is 282 g/mol. The fourth-order valence-corrected chi connectivity index (χ4v) is 3.35. The Kier molecular flexibility index (Phi) is 3.19. The van der Waals surface area contributed by atoms with Gasteiger partial charge in [-0.25, -0.2) is 0 Å². The summed E-state index contributed by atoms with van der Waals surface area (Å²) in [6.45, 7) is 3.02. The number of aromatic nitrogens is 2. The summed E-state index contributed by atoms with van der Waals surface area (Å²) in [5.41, 5.74) is 4.06. The zero-order valence-electron chi connectivity index (χ0n) is 12.5. The molecule has 0 radical (unpaired) electrons. The van der Waals surface area contributed by atoms with Gasteiger partial charge in [0.05, 0.1) is 6.20 Å². The minimum atomic E-state index is 0.620. The SMILES string of the molecule is Cn1cc(CN2CC(C3CC3)NCc3ccccc32)cn1. The molecule has 1 aliphatic carbocycles. The molecule has 2 aliphatic rings. The van der Waals surface area contributed by atoms with Gasteiger partial charge in [-0.3, -0.25) is 4.68 Å². The van der Waals surface area contributed by atoms with Crippen molar-refractivity contribution in [3.8, 4) is 0 Å². The summed E-state index contributed by atoms with van der Waals surface area (Å²) >= 11 is 0. The largest absolute Gasteiger partial charge is 0.365 e. The molecule has 21 heavy (non-hydrogen) atoms. The number of hydrogen-bond acceptors (Lipinski definition) is 3. The van der Waals surface area contributed by atoms with Gasteiger partial charge in [0.25, 0.3) is 0 Å². The van der Waals surface area contributed by atoms with Crippen LogP contribution in [-0.2, 0) is 20.1 Å². The fraction of sp³-hybridized carbons (Fsp3) is 0.471. The van der Waals surface area contributed by atoms with E-state index < -0.39 is 0 Å². The van der Waals surface area contributed by atoms with E-state index in [1.807, 2.05) is 17.9 Å². The van der Waals surface area contributed by atoms with Crippen molar-refractivity contribution in [2.45, 2.75) is 32.0 Å². The van der Waals surface area contributed by atoms with Crippen LogP contribution in [0.2, 0.25) is 0 Å². The van der Waals surface area contributed by atoms with Crippen LogP contribution in [0.15, 0.2) is 36.7 Å². The van der Waals surface area contributed by atoms with Gasteiger partial charge in [-0.15, -0.1) is 0 Å². The van der Waals surface area contributed by atoms with E-state index >= 15 is 0 Å². The number of benzene rings is 1. The second kappa shape index (κ2) is 5.19. The smallest absolute Gasteiger partial charge is 0.0539 e. The van der Waals surface area contributed by atoms with E-state index in [9.17, 15) is 0 Å². The summed E-state index contributed by atoms with van der Waals surface area (Å²) in [6.07, 6.45) is 6.86. The van der Waals surface area contributed by atoms with E-state index in [0.717, 1.165) is 25.6 Å². The summed E-state index contributed by atoms with van der Waals surface area (Å²) in [5.74, 6) is 0.871. The van der Waals surface area contributed by atoms with Crippen molar-refractivity contribution in [3.05, 3.63) is 47.8 Å². The topological polar surface area (TPSA) is 33.1 Å². The van der Waals surface area contributed by atoms with Crippen molar-refractivity contribution in [2.75, 3.05) is 11.4 Å². The van der Waals surface area contributed by atoms with Crippen molar-refractivity contribution in [1.29, 1.82) is 0 Å². The summed E-state index contributed by atoms with van der Waals surface area (Å²) in [7, 11) is 1.98. The van der Waals surface area contributed by atoms with E-state index in [2.05, 4.69) is 45.8 Å². The van der Waals surface area contributed by atoms with Crippen LogP contribution in [0, 0.1) is 5.92 Å². The molecule has 110 valence electrons. The number of para-hydroxylation sites is 1. The van der Waals surface area contributed by atoms with Crippen LogP contribution < -0.4 is 10.2 Å². The Morgan fingerprint density at radius 2 is 2.14 bits per heavy atom. The number of nitrogens with one attached hydrogen (secondary N) is 1. The molecule has 4 nitrogen and oxygen atoms in total. The van der Waals surface area contributed by atoms with Gasteiger partial charge in [0.1, 0.15) is 0 Å². The number of hydrogen-bond donors (Lipinski definition) is 1. The number of rotatable bonds is 3. The Balaban J connectivity index is 1.63. The van der Waals surface area contributed by atoms with E-state index in [4.69, 9.17) is 0 Å². The highest BCUT2D eigenvalue weighted by Crippen LogP contribution is 2.36. The van der Waals surface area contributed by atoms with Crippen LogP contribution in [0.3, 0.4) is 0 Å². The molecule has 1 fully saturated rings. The average molecular weight is 282 g/mol. The second-order valence-corrected chi connectivity index (χ2v) is 6.36. The van der Waals surface area contributed by atoms with Crippen LogP contribution in [0.5, 0.6) is 0 Å². The van der Waals surface area contributed by atoms with Gasteiger partial charge in [-0.05, 0) is 30.4 Å². The molecule has 1 N–H and O–H groups in total. The van der Waals surface area contributed by atoms with E-state index in [1.165, 1.54) is 29.7 Å². The van der Waals surface area contributed by atoms with Crippen molar-refractivity contribution in [3.63, 3.8) is 0 Å². The maximum Gasteiger partial charge on any atom is 0.0539 e. The molecular formula is C17H22N4. The second-order valence-electron chi connectivity index (χ2n) is 6.36. The number of nitrogens with zero attached hydrogens (tertiary/aromatic N) is 3. The lowest BCUT2D eigenvalue weighted by molar-refractivity contribution is 0.467. The zero-order chi connectivity index (χ0) is 14.2. The molecule has 0 saturated heterocycles. The highest BCUT2D eigenvalue weighted by atomic mass is 15.2. The summed E-state index contributed by atoms with van der Waals surface area (Å²) < 4.78 is 1.88. The molecular weight excluding hydrogens is 260 g/mol. The molecule has 2 aromatic rings. The van der Waals surface area contributed by atoms with Crippen LogP contribution in [0.25, 0.3) is 0 Å². The Morgan fingerprint density at radius 3 is 2.90 bits per heavy atom. The lowest BCUT2D eigenvalue weighted by Gasteiger charge is -2.27. The van der Waals surface area contributed by atoms with Crippen molar-refractivity contribution in [1.82, 2.24) is 15.1 Å². The molecule has 0 bridgehead atoms. The third-order valence-corrected chi connectivity index (χ3v) is 4.63. The number of anilines is 1. The fourth-order valence-electron chi connectivity index (χ4n) is 3.35. The van der Waals surface area contributed by atoms with Gasteiger partial charge in [-0.1, -0.05) is 18.2 Å². The Hall–Kier alpha value is -1.81. The minimum absolute atomic E-state index is 0.620. The lowest BCUT2D eigenvalue weighted by Crippen LogP contribution is -2.39. The van der Waals surface area contributed by atoms with E-state index in [1.54, 1.807) is 0 Å². The molecule has 1 saturated carbocycles. The van der Waals surface area contributed by atoms with Gasteiger partial charge >= 0.3 is 0 Å². The highest BCUT2D eigenvalue weighted by Gasteiger charge is 2.34. The van der Waals surface area contributed by atoms with Gasteiger partial charge in [0, 0.05) is 50.2 Å². The predicted molar refractivity (Wildman–Crippen MR) is 84.1 cm³/mol. The first-order valence-corrected chi connectivity index (χ1v) is 7.83. The lowest BCUT2D eigenvalue weighted by atomic mass is 10.1. The van der Waals surface area contributed by atoms with Gasteiger partial charge in [0.15, 0.2) is 0 Å². The van der Waals surface area contributed by atoms with Crippen molar-refractivity contribution < 1.29 is 0 Å². The van der Waals surface area contributed by atoms with Crippen LogP contribution in [0.1, 0.15) is 24.0 Å². The standard InChI is InChI=1S/C17H22N4/c1-20-10-13(8-19-20)11-21-12-16(14-6-7-14)18-9-15-4-2-3-5-17(15)21/h2-5,8,10,14,16,18H,6-7,9,11-12H2,1H3. The number of aryl methyl sites for hydroxylation is 1. The molecule has 1 unspecified atom stereocenters. The van der Waals surface area contributed by atoms with Crippen molar-refractivity contribution in [2.24, 2.45) is 13.0 Å². The average Bonchev–Trinajstić information content (AvgIpc) is 3.27. The molecule has 1 aliphatic heterocycles. The van der Waals surface area contributed by atoms with E-state index in [-0.39, 0.29) is 0 Å². The number of fused-ring (bicyclic) bond motifs is 1. The molecule has 4 heteroatoms. The third-order valence-electron chi connectivity index (χ3n) is 4.63. The molecule has 1 aromatic heterocycles. The van der Waals surface area contributed by atoms with Crippen LogP contribution >= 0.6 is 0 Å². The van der Waals surface area contributed by atoms with Crippen LogP contribution in [-0.4, -0.2) is 22.4 Å². The molecule has 2 heterocycles. The van der Waals surface area contributed by atoms with Crippen LogP contribution in [0.4, 0.5) is 5.69 Å². The maximum absolute atomic E-state index is 4.30. The summed E-state index contributed by atoms with van der Waals surface area (Å²) in [5, 5.41) is 8.06. The Bertz CT molecular complexity index is 629. The summed E-state index contributed by atoms with van der Waals surface area (Å²) in [6, 6.07) is 9.40. The first-order valence-electron chi connectivity index (χ1n) is 7.83. The third kappa shape index (κ3) is 2.68. The molecule has 0 spiro atoms. The first-order chi connectivity index (χ1) is 10.3. The molecule has 0 amide bonds. The van der Waals surface area contributed by atoms with Gasteiger partial charge < -0.3 is 10.2 Å². The minimum Gasteiger partial charge on any atom is -0.365 e. The highest BCUT2D eigenvalue weighted by molar-refractivity contribution is 5.55. The quantitative estimate of drug-likeness (QED) is 0.938. The molecule has 4 rings (SSSR count). The van der Waals surface area contributed by atoms with Crippen molar-refractivity contribution >= 4 is 5.69 Å². The maximum atomic E-state index is 4.30. The molecule has 1 aromatic carbocycles. The Labute approximate surface area is 125 Å². The molecule has 1 atom stereocenters.